The highest BCUT2D eigenvalue weighted by atomic mass is 14.5. The third kappa shape index (κ3) is 4.70. The van der Waals surface area contributed by atoms with Crippen LogP contribution in [0.25, 0.3) is 89.7 Å². The molecule has 15 rings (SSSR count). The Kier molecular flexibility index (Phi) is 7.69. The first-order chi connectivity index (χ1) is 32.7. The van der Waals surface area contributed by atoms with Crippen LogP contribution >= 0.6 is 0 Å². The van der Waals surface area contributed by atoms with Gasteiger partial charge in [0.1, 0.15) is 0 Å². The number of benzene rings is 7. The van der Waals surface area contributed by atoms with Gasteiger partial charge >= 0.3 is 0 Å². The monoisotopic (exact) mass is 860 g/mol. The van der Waals surface area contributed by atoms with E-state index >= 15 is 0 Å². The molecule has 7 atom stereocenters. The van der Waals surface area contributed by atoms with Crippen molar-refractivity contribution in [3.05, 3.63) is 199 Å². The van der Waals surface area contributed by atoms with E-state index < -0.39 is 0 Å². The van der Waals surface area contributed by atoms with Crippen LogP contribution in [0.1, 0.15) is 133 Å². The lowest BCUT2D eigenvalue weighted by molar-refractivity contribution is 0.392. The van der Waals surface area contributed by atoms with Crippen molar-refractivity contribution < 1.29 is 0 Å². The zero-order valence-electron chi connectivity index (χ0n) is 39.9. The fourth-order valence-corrected chi connectivity index (χ4v) is 15.6. The van der Waals surface area contributed by atoms with Crippen LogP contribution < -0.4 is 0 Å². The van der Waals surface area contributed by atoms with Gasteiger partial charge in [0.2, 0.25) is 0 Å². The van der Waals surface area contributed by atoms with Crippen molar-refractivity contribution in [3.63, 3.8) is 0 Å². The molecular weight excluding hydrogens is 805 g/mol. The number of rotatable bonds is 4. The van der Waals surface area contributed by atoms with Gasteiger partial charge in [-0.25, -0.2) is 0 Å². The number of hydrogen-bond acceptors (Lipinski definition) is 0. The molecule has 0 heteroatoms. The van der Waals surface area contributed by atoms with E-state index in [1.165, 1.54) is 133 Å². The molecule has 0 N–H and O–H groups in total. The van der Waals surface area contributed by atoms with E-state index in [9.17, 15) is 0 Å². The molecule has 0 aliphatic heterocycles. The Morgan fingerprint density at radius 3 is 1.99 bits per heavy atom. The van der Waals surface area contributed by atoms with Gasteiger partial charge in [0, 0.05) is 5.92 Å². The Balaban J connectivity index is 0.972. The first-order valence-electron chi connectivity index (χ1n) is 25.6. The van der Waals surface area contributed by atoms with E-state index in [4.69, 9.17) is 0 Å². The highest BCUT2D eigenvalue weighted by molar-refractivity contribution is 6.25. The van der Waals surface area contributed by atoms with Crippen molar-refractivity contribution in [2.75, 3.05) is 0 Å². The van der Waals surface area contributed by atoms with E-state index in [0.29, 0.717) is 35.5 Å². The molecule has 0 nitrogen and oxygen atoms in total. The second-order valence-electron chi connectivity index (χ2n) is 21.7. The fourth-order valence-electron chi connectivity index (χ4n) is 15.6. The molecule has 0 bridgehead atoms. The van der Waals surface area contributed by atoms with Gasteiger partial charge in [0.15, 0.2) is 0 Å². The minimum absolute atomic E-state index is 0.281. The standard InChI is InChI=1S/C67H56/c1-8-38-15-20-41(21-16-38)59-45-24-13-33(3)31-51(45)61(42-22-17-39(9-2)18-23-42)66-50-28-26-44-43-25-27-48-56-37(7)58-54-34(4)14-19-40-11-10-12-46(60(40)54)57(58)36(6)55(56)49-30-29-47(62(43)63(48)49)53-35(5)32-52(67(59)66)64(50)65(44)53/h10-30,32-35,37,53-54,58H,8-9,31H2,1-7H3. The van der Waals surface area contributed by atoms with Gasteiger partial charge in [-0.1, -0.05) is 175 Å². The molecule has 67 heavy (non-hydrogen) atoms. The average Bonchev–Trinajstić information content (AvgIpc) is 4.01. The smallest absolute Gasteiger partial charge is 0.0169 e. The van der Waals surface area contributed by atoms with Gasteiger partial charge in [-0.2, -0.15) is 0 Å². The Morgan fingerprint density at radius 1 is 0.522 bits per heavy atom. The summed E-state index contributed by atoms with van der Waals surface area (Å²) in [5, 5.41) is 3.02. The van der Waals surface area contributed by atoms with Crippen molar-refractivity contribution in [2.45, 2.75) is 79.6 Å². The highest BCUT2D eigenvalue weighted by Gasteiger charge is 2.51. The molecule has 0 aromatic heterocycles. The lowest BCUT2D eigenvalue weighted by Crippen LogP contribution is -2.25. The Labute approximate surface area is 396 Å². The van der Waals surface area contributed by atoms with Crippen molar-refractivity contribution in [3.8, 4) is 44.5 Å². The summed E-state index contributed by atoms with van der Waals surface area (Å²) in [4.78, 5) is 0. The minimum Gasteiger partial charge on any atom is -0.0807 e. The van der Waals surface area contributed by atoms with Crippen LogP contribution in [0.4, 0.5) is 0 Å². The van der Waals surface area contributed by atoms with E-state index in [0.717, 1.165) is 19.3 Å². The second-order valence-corrected chi connectivity index (χ2v) is 21.7. The zero-order valence-corrected chi connectivity index (χ0v) is 39.9. The van der Waals surface area contributed by atoms with Gasteiger partial charge in [-0.05, 0) is 217 Å². The van der Waals surface area contributed by atoms with Crippen LogP contribution in [0.2, 0.25) is 0 Å². The molecule has 0 saturated carbocycles. The molecule has 7 aromatic rings. The quantitative estimate of drug-likeness (QED) is 0.165. The predicted molar refractivity (Wildman–Crippen MR) is 284 cm³/mol. The first-order valence-corrected chi connectivity index (χ1v) is 25.6. The Bertz CT molecular complexity index is 3630. The largest absolute Gasteiger partial charge is 0.0807 e. The van der Waals surface area contributed by atoms with Gasteiger partial charge in [-0.3, -0.25) is 0 Å². The summed E-state index contributed by atoms with van der Waals surface area (Å²) in [6, 6.07) is 41.6. The molecule has 7 aromatic carbocycles. The van der Waals surface area contributed by atoms with Crippen LogP contribution in [0.15, 0.2) is 127 Å². The molecular formula is C67H56. The van der Waals surface area contributed by atoms with Crippen molar-refractivity contribution in [2.24, 2.45) is 29.6 Å². The van der Waals surface area contributed by atoms with Crippen molar-refractivity contribution in [1.82, 2.24) is 0 Å². The van der Waals surface area contributed by atoms with E-state index in [-0.39, 0.29) is 5.92 Å². The van der Waals surface area contributed by atoms with E-state index in [1.54, 1.807) is 22.3 Å². The van der Waals surface area contributed by atoms with E-state index in [1.807, 2.05) is 0 Å². The van der Waals surface area contributed by atoms with Gasteiger partial charge in [0.05, 0.1) is 0 Å². The lowest BCUT2D eigenvalue weighted by Gasteiger charge is -2.37. The Hall–Kier alpha value is -6.50. The molecule has 0 spiro atoms. The summed E-state index contributed by atoms with van der Waals surface area (Å²) in [6.07, 6.45) is 15.7. The summed E-state index contributed by atoms with van der Waals surface area (Å²) in [7, 11) is 0. The maximum absolute atomic E-state index is 2.71. The van der Waals surface area contributed by atoms with Gasteiger partial charge in [0.25, 0.3) is 0 Å². The minimum atomic E-state index is 0.281. The number of allylic oxidation sites excluding steroid dienone is 7. The average molecular weight is 861 g/mol. The van der Waals surface area contributed by atoms with Crippen LogP contribution in [0, 0.1) is 29.6 Å². The van der Waals surface area contributed by atoms with Gasteiger partial charge in [-0.15, -0.1) is 0 Å². The molecule has 0 radical (unpaired) electrons. The lowest BCUT2D eigenvalue weighted by atomic mass is 9.65. The summed E-state index contributed by atoms with van der Waals surface area (Å²) < 4.78 is 0. The Morgan fingerprint density at radius 2 is 1.22 bits per heavy atom. The zero-order chi connectivity index (χ0) is 44.9. The molecule has 0 heterocycles. The fraction of sp³-hybridized carbons (Fsp3) is 0.254. The maximum Gasteiger partial charge on any atom is 0.0169 e. The van der Waals surface area contributed by atoms with Crippen LogP contribution in [-0.4, -0.2) is 0 Å². The SMILES string of the molecule is CCc1ccc(-c2c3c(c(-c4ccc(CC)cc4)c4c2C2=CC(C)C5c6c(ccc-4c62)-c2ccc4c6c(ccc5c26)C2=C4C(C)C4C(=C2C)c2cccc5c2C4C(C)C=C5)CC(C)C=C3)cc1. The molecule has 324 valence electrons. The second kappa shape index (κ2) is 13.4. The number of hydrogen-bond donors (Lipinski definition) is 0. The summed E-state index contributed by atoms with van der Waals surface area (Å²) in [6.45, 7) is 17.0. The molecule has 0 saturated heterocycles. The number of fused-ring (bicyclic) bond motifs is 11. The van der Waals surface area contributed by atoms with Crippen LogP contribution in [0.5, 0.6) is 0 Å². The molecule has 8 aliphatic rings. The van der Waals surface area contributed by atoms with Crippen molar-refractivity contribution in [1.29, 1.82) is 0 Å². The van der Waals surface area contributed by atoms with Crippen molar-refractivity contribution >= 4 is 45.2 Å². The third-order valence-corrected chi connectivity index (χ3v) is 18.4. The van der Waals surface area contributed by atoms with Crippen LogP contribution in [0.3, 0.4) is 0 Å². The maximum atomic E-state index is 2.71. The van der Waals surface area contributed by atoms with Gasteiger partial charge < -0.3 is 0 Å². The molecule has 7 unspecified atom stereocenters. The normalized spacial score (nSPS) is 24.4. The van der Waals surface area contributed by atoms with Crippen LogP contribution in [-0.2, 0) is 19.3 Å². The molecule has 0 amide bonds. The molecule has 8 aliphatic carbocycles. The van der Waals surface area contributed by atoms with E-state index in [2.05, 4.69) is 182 Å². The molecule has 0 fully saturated rings. The number of aryl methyl sites for hydroxylation is 2. The summed E-state index contributed by atoms with van der Waals surface area (Å²) >= 11 is 0. The predicted octanol–water partition coefficient (Wildman–Crippen LogP) is 17.4. The summed E-state index contributed by atoms with van der Waals surface area (Å²) in [5.74, 6) is 3.04. The third-order valence-electron chi connectivity index (χ3n) is 18.4. The highest BCUT2D eigenvalue weighted by Crippen LogP contribution is 2.68. The topological polar surface area (TPSA) is 0 Å². The first kappa shape index (κ1) is 38.6. The summed E-state index contributed by atoms with van der Waals surface area (Å²) in [5.41, 5.74) is 38.2.